The number of fused-ring (bicyclic) bond motifs is 1. The largest absolute Gasteiger partial charge is 0.507 e. The van der Waals surface area contributed by atoms with Crippen LogP contribution in [0, 0.1) is 23.7 Å². The number of nitrogens with two attached hydrogens (primary N) is 1. The van der Waals surface area contributed by atoms with Crippen molar-refractivity contribution in [2.75, 3.05) is 0 Å². The van der Waals surface area contributed by atoms with E-state index < -0.39 is 5.91 Å². The maximum Gasteiger partial charge on any atom is 0.252 e. The number of benzene rings is 1. The van der Waals surface area contributed by atoms with Crippen molar-refractivity contribution >= 4 is 11.7 Å². The SMILES string of the molecule is NC(=O)c1ccc2c(c1O)[C@]13CCC(CC4CCC4)[C@H](C2)[C@@H]1CCC(=O)C3. The van der Waals surface area contributed by atoms with Gasteiger partial charge in [0.2, 0.25) is 0 Å². The molecule has 4 heteroatoms. The highest BCUT2D eigenvalue weighted by atomic mass is 16.3. The number of Topliss-reactive ketones (excluding diaryl/α,β-unsaturated/α-hetero) is 1. The summed E-state index contributed by atoms with van der Waals surface area (Å²) in [6.07, 6.45) is 10.7. The van der Waals surface area contributed by atoms with Crippen molar-refractivity contribution in [3.8, 4) is 5.75 Å². The van der Waals surface area contributed by atoms with Crippen LogP contribution >= 0.6 is 0 Å². The lowest BCUT2D eigenvalue weighted by Crippen LogP contribution is -2.54. The molecular formula is C23H29NO3. The summed E-state index contributed by atoms with van der Waals surface area (Å²) >= 11 is 0. The van der Waals surface area contributed by atoms with E-state index in [0.717, 1.165) is 48.6 Å². The van der Waals surface area contributed by atoms with Crippen LogP contribution in [0.2, 0.25) is 0 Å². The first-order chi connectivity index (χ1) is 13.0. The summed E-state index contributed by atoms with van der Waals surface area (Å²) < 4.78 is 0. The van der Waals surface area contributed by atoms with Crippen molar-refractivity contribution in [1.29, 1.82) is 0 Å². The van der Waals surface area contributed by atoms with E-state index in [0.29, 0.717) is 30.5 Å². The molecule has 1 aromatic rings. The number of hydrogen-bond acceptors (Lipinski definition) is 3. The molecule has 1 aromatic carbocycles. The summed E-state index contributed by atoms with van der Waals surface area (Å²) in [7, 11) is 0. The molecule has 5 rings (SSSR count). The van der Waals surface area contributed by atoms with E-state index in [2.05, 4.69) is 0 Å². The molecule has 2 bridgehead atoms. The Balaban J connectivity index is 1.61. The first-order valence-electron chi connectivity index (χ1n) is 10.7. The lowest BCUT2D eigenvalue weighted by molar-refractivity contribution is -0.127. The third-order valence-corrected chi connectivity index (χ3v) is 8.38. The molecule has 0 aromatic heterocycles. The molecule has 1 unspecified atom stereocenters. The Labute approximate surface area is 160 Å². The first-order valence-corrected chi connectivity index (χ1v) is 10.7. The molecule has 0 heterocycles. The number of hydrogen-bond donors (Lipinski definition) is 2. The molecule has 4 atom stereocenters. The zero-order chi connectivity index (χ0) is 18.8. The summed E-state index contributed by atoms with van der Waals surface area (Å²) in [4.78, 5) is 24.3. The van der Waals surface area contributed by atoms with E-state index in [1.54, 1.807) is 6.07 Å². The standard InChI is InChI=1S/C23H29NO3/c24-22(27)17-6-4-15-11-18-14(10-13-2-1-3-13)8-9-23(20(15)21(17)26)12-16(25)5-7-19(18)23/h4,6,13-14,18-19,26H,1-3,5,7-12H2,(H2,24,27)/t14?,18-,19-,23-/m0/s1. The average Bonchev–Trinajstić information content (AvgIpc) is 2.58. The molecule has 4 nitrogen and oxygen atoms in total. The predicted octanol–water partition coefficient (Wildman–Crippen LogP) is 3.87. The molecule has 27 heavy (non-hydrogen) atoms. The molecule has 0 spiro atoms. The predicted molar refractivity (Wildman–Crippen MR) is 103 cm³/mol. The highest BCUT2D eigenvalue weighted by molar-refractivity contribution is 5.96. The third kappa shape index (κ3) is 2.48. The molecule has 4 aliphatic rings. The number of amides is 1. The molecule has 3 fully saturated rings. The van der Waals surface area contributed by atoms with Gasteiger partial charge in [0.05, 0.1) is 5.56 Å². The zero-order valence-electron chi connectivity index (χ0n) is 15.9. The van der Waals surface area contributed by atoms with Gasteiger partial charge in [0.1, 0.15) is 11.5 Å². The summed E-state index contributed by atoms with van der Waals surface area (Å²) in [6, 6.07) is 3.67. The second-order valence-electron chi connectivity index (χ2n) is 9.58. The summed E-state index contributed by atoms with van der Waals surface area (Å²) in [6.45, 7) is 0. The van der Waals surface area contributed by atoms with Crippen LogP contribution in [0.3, 0.4) is 0 Å². The number of carbonyl (C=O) groups is 2. The molecule has 0 radical (unpaired) electrons. The molecule has 0 saturated heterocycles. The Kier molecular flexibility index (Phi) is 3.89. The van der Waals surface area contributed by atoms with E-state index in [9.17, 15) is 14.7 Å². The van der Waals surface area contributed by atoms with Gasteiger partial charge in [-0.25, -0.2) is 0 Å². The van der Waals surface area contributed by atoms with Crippen LogP contribution in [-0.2, 0) is 16.6 Å². The Morgan fingerprint density at radius 1 is 1.22 bits per heavy atom. The minimum absolute atomic E-state index is 0.0515. The lowest BCUT2D eigenvalue weighted by Gasteiger charge is -2.58. The smallest absolute Gasteiger partial charge is 0.252 e. The van der Waals surface area contributed by atoms with Gasteiger partial charge in [0, 0.05) is 23.8 Å². The van der Waals surface area contributed by atoms with Crippen LogP contribution in [0.25, 0.3) is 0 Å². The van der Waals surface area contributed by atoms with Crippen molar-refractivity contribution in [3.05, 3.63) is 28.8 Å². The molecular weight excluding hydrogens is 338 g/mol. The molecule has 144 valence electrons. The first kappa shape index (κ1) is 17.3. The van der Waals surface area contributed by atoms with Gasteiger partial charge in [0.15, 0.2) is 0 Å². The Morgan fingerprint density at radius 3 is 2.74 bits per heavy atom. The fraction of sp³-hybridized carbons (Fsp3) is 0.652. The van der Waals surface area contributed by atoms with Gasteiger partial charge >= 0.3 is 0 Å². The van der Waals surface area contributed by atoms with E-state index in [4.69, 9.17) is 5.73 Å². The van der Waals surface area contributed by atoms with Crippen molar-refractivity contribution < 1.29 is 14.7 Å². The topological polar surface area (TPSA) is 80.4 Å². The Hall–Kier alpha value is -1.84. The van der Waals surface area contributed by atoms with Gasteiger partial charge in [-0.1, -0.05) is 25.3 Å². The molecule has 4 aliphatic carbocycles. The van der Waals surface area contributed by atoms with Gasteiger partial charge in [-0.05, 0) is 67.4 Å². The minimum Gasteiger partial charge on any atom is -0.507 e. The Bertz CT molecular complexity index is 812. The lowest BCUT2D eigenvalue weighted by atomic mass is 9.45. The quantitative estimate of drug-likeness (QED) is 0.851. The van der Waals surface area contributed by atoms with E-state index in [1.807, 2.05) is 6.07 Å². The maximum atomic E-state index is 12.5. The fourth-order valence-electron chi connectivity index (χ4n) is 7.02. The van der Waals surface area contributed by atoms with Crippen LogP contribution in [0.15, 0.2) is 12.1 Å². The minimum atomic E-state index is -0.592. The monoisotopic (exact) mass is 367 g/mol. The van der Waals surface area contributed by atoms with Gasteiger partial charge < -0.3 is 10.8 Å². The molecule has 1 amide bonds. The summed E-state index contributed by atoms with van der Waals surface area (Å²) in [5.74, 6) is 2.47. The van der Waals surface area contributed by atoms with Crippen LogP contribution in [0.5, 0.6) is 5.75 Å². The van der Waals surface area contributed by atoms with Crippen LogP contribution in [0.4, 0.5) is 0 Å². The van der Waals surface area contributed by atoms with E-state index in [-0.39, 0.29) is 16.7 Å². The number of primary amides is 1. The zero-order valence-corrected chi connectivity index (χ0v) is 15.9. The molecule has 3 saturated carbocycles. The third-order valence-electron chi connectivity index (χ3n) is 8.38. The van der Waals surface area contributed by atoms with Crippen LogP contribution < -0.4 is 5.73 Å². The molecule has 0 aliphatic heterocycles. The van der Waals surface area contributed by atoms with Crippen molar-refractivity contribution in [3.63, 3.8) is 0 Å². The second-order valence-corrected chi connectivity index (χ2v) is 9.58. The normalized spacial score (nSPS) is 35.1. The fourth-order valence-corrected chi connectivity index (χ4v) is 7.02. The van der Waals surface area contributed by atoms with Crippen LogP contribution in [-0.4, -0.2) is 16.8 Å². The van der Waals surface area contributed by atoms with E-state index in [1.165, 1.54) is 25.7 Å². The van der Waals surface area contributed by atoms with Gasteiger partial charge in [-0.3, -0.25) is 9.59 Å². The number of rotatable bonds is 3. The van der Waals surface area contributed by atoms with Crippen molar-refractivity contribution in [2.24, 2.45) is 29.4 Å². The highest BCUT2D eigenvalue weighted by Gasteiger charge is 2.57. The summed E-state index contributed by atoms with van der Waals surface area (Å²) in [5.41, 5.74) is 7.46. The van der Waals surface area contributed by atoms with E-state index >= 15 is 0 Å². The second kappa shape index (κ2) is 6.08. The van der Waals surface area contributed by atoms with Crippen LogP contribution in [0.1, 0.15) is 79.3 Å². The Morgan fingerprint density at radius 2 is 2.04 bits per heavy atom. The maximum absolute atomic E-state index is 12.5. The van der Waals surface area contributed by atoms with Gasteiger partial charge in [0.25, 0.3) is 5.91 Å². The number of aromatic hydroxyl groups is 1. The average molecular weight is 367 g/mol. The summed E-state index contributed by atoms with van der Waals surface area (Å²) in [5, 5.41) is 11.0. The molecule has 3 N–H and O–H groups in total. The number of carbonyl (C=O) groups excluding carboxylic acids is 2. The van der Waals surface area contributed by atoms with Crippen molar-refractivity contribution in [2.45, 2.75) is 69.6 Å². The number of ketones is 1. The van der Waals surface area contributed by atoms with Gasteiger partial charge in [-0.2, -0.15) is 0 Å². The highest BCUT2D eigenvalue weighted by Crippen LogP contribution is 2.62. The van der Waals surface area contributed by atoms with Gasteiger partial charge in [-0.15, -0.1) is 0 Å². The number of phenols is 1. The van der Waals surface area contributed by atoms with Crippen molar-refractivity contribution in [1.82, 2.24) is 0 Å².